The molecular weight excluding hydrogens is 448 g/mol. The van der Waals surface area contributed by atoms with E-state index in [9.17, 15) is 18.0 Å². The van der Waals surface area contributed by atoms with E-state index in [4.69, 9.17) is 16.3 Å². The molecular formula is C20H23ClN2O5S2. The first-order valence-corrected chi connectivity index (χ1v) is 12.3. The molecule has 1 unspecified atom stereocenters. The number of thiophene rings is 1. The number of sulfonamides is 1. The maximum atomic E-state index is 12.9. The van der Waals surface area contributed by atoms with Gasteiger partial charge >= 0.3 is 5.97 Å². The van der Waals surface area contributed by atoms with Crippen LogP contribution in [0.25, 0.3) is 0 Å². The van der Waals surface area contributed by atoms with Crippen LogP contribution < -0.4 is 5.32 Å². The molecule has 7 nitrogen and oxygen atoms in total. The van der Waals surface area contributed by atoms with Crippen LogP contribution in [0.3, 0.4) is 0 Å². The number of esters is 1. The van der Waals surface area contributed by atoms with Gasteiger partial charge in [0, 0.05) is 18.0 Å². The Bertz CT molecular complexity index is 1000. The Labute approximate surface area is 185 Å². The number of nitrogens with one attached hydrogen (secondary N) is 1. The Morgan fingerprint density at radius 2 is 1.97 bits per heavy atom. The van der Waals surface area contributed by atoms with E-state index in [1.165, 1.54) is 40.8 Å². The molecule has 30 heavy (non-hydrogen) atoms. The third kappa shape index (κ3) is 5.60. The van der Waals surface area contributed by atoms with Crippen LogP contribution in [0.4, 0.5) is 5.69 Å². The van der Waals surface area contributed by atoms with Crippen molar-refractivity contribution in [3.05, 3.63) is 45.6 Å². The van der Waals surface area contributed by atoms with Crippen LogP contribution in [-0.4, -0.2) is 43.8 Å². The number of hydrogen-bond acceptors (Lipinski definition) is 6. The quantitative estimate of drug-likeness (QED) is 0.623. The number of rotatable bonds is 7. The van der Waals surface area contributed by atoms with Crippen LogP contribution in [0.1, 0.15) is 31.1 Å². The topological polar surface area (TPSA) is 92.8 Å². The number of carbonyl (C=O) groups is 2. The molecule has 2 aromatic rings. The van der Waals surface area contributed by atoms with Crippen LogP contribution >= 0.6 is 22.9 Å². The highest BCUT2D eigenvalue weighted by molar-refractivity contribution is 7.89. The first kappa shape index (κ1) is 22.7. The van der Waals surface area contributed by atoms with Crippen molar-refractivity contribution < 1.29 is 22.7 Å². The molecule has 1 aromatic heterocycles. The van der Waals surface area contributed by atoms with Crippen molar-refractivity contribution in [1.82, 2.24) is 4.31 Å². The molecule has 0 bridgehead atoms. The predicted molar refractivity (Wildman–Crippen MR) is 116 cm³/mol. The molecule has 3 rings (SSSR count). The number of hydrogen-bond donors (Lipinski definition) is 1. The van der Waals surface area contributed by atoms with Gasteiger partial charge in [0.2, 0.25) is 10.0 Å². The molecule has 0 spiro atoms. The summed E-state index contributed by atoms with van der Waals surface area (Å²) in [6, 6.07) is 7.83. The number of halogens is 1. The molecule has 10 heteroatoms. The summed E-state index contributed by atoms with van der Waals surface area (Å²) < 4.78 is 32.4. The zero-order valence-electron chi connectivity index (χ0n) is 16.5. The maximum Gasteiger partial charge on any atom is 0.311 e. The highest BCUT2D eigenvalue weighted by atomic mass is 35.5. The number of carbonyl (C=O) groups excluding carboxylic acids is 2. The zero-order chi connectivity index (χ0) is 21.7. The van der Waals surface area contributed by atoms with Crippen molar-refractivity contribution >= 4 is 50.5 Å². The van der Waals surface area contributed by atoms with E-state index in [-0.39, 0.29) is 22.0 Å². The lowest BCUT2D eigenvalue weighted by Gasteiger charge is -2.26. The van der Waals surface area contributed by atoms with Gasteiger partial charge in [-0.25, -0.2) is 8.42 Å². The minimum absolute atomic E-state index is 0.0615. The number of anilines is 1. The van der Waals surface area contributed by atoms with Crippen molar-refractivity contribution in [2.45, 2.75) is 43.6 Å². The second-order valence-electron chi connectivity index (χ2n) is 6.98. The molecule has 162 valence electrons. The molecule has 1 aliphatic rings. The van der Waals surface area contributed by atoms with Gasteiger partial charge in [-0.05, 0) is 49.4 Å². The third-order valence-corrected chi connectivity index (χ3v) is 7.83. The average Bonchev–Trinajstić information content (AvgIpc) is 3.22. The number of ether oxygens (including phenoxy) is 1. The smallest absolute Gasteiger partial charge is 0.311 e. The molecule has 1 amide bonds. The van der Waals surface area contributed by atoms with Crippen molar-refractivity contribution in [1.29, 1.82) is 0 Å². The fourth-order valence-corrected chi connectivity index (χ4v) is 5.50. The van der Waals surface area contributed by atoms with E-state index in [1.54, 1.807) is 0 Å². The highest BCUT2D eigenvalue weighted by Crippen LogP contribution is 2.28. The SMILES string of the molecule is CC(OC(=O)Cc1cccs1)C(=O)Nc1cc(S(=O)(=O)N2CCCCC2)ccc1Cl. The Kier molecular flexibility index (Phi) is 7.51. The summed E-state index contributed by atoms with van der Waals surface area (Å²) in [4.78, 5) is 25.4. The monoisotopic (exact) mass is 470 g/mol. The average molecular weight is 471 g/mol. The summed E-state index contributed by atoms with van der Waals surface area (Å²) >= 11 is 7.58. The minimum Gasteiger partial charge on any atom is -0.452 e. The summed E-state index contributed by atoms with van der Waals surface area (Å²) in [5.41, 5.74) is 0.154. The molecule has 0 radical (unpaired) electrons. The van der Waals surface area contributed by atoms with Crippen molar-refractivity contribution in [3.63, 3.8) is 0 Å². The summed E-state index contributed by atoms with van der Waals surface area (Å²) in [5.74, 6) is -1.11. The number of amides is 1. The second-order valence-corrected chi connectivity index (χ2v) is 10.4. The standard InChI is InChI=1S/C20H23ClN2O5S2/c1-14(28-19(24)12-15-6-5-11-29-15)20(25)22-18-13-16(7-8-17(18)21)30(26,27)23-9-3-2-4-10-23/h5-8,11,13-14H,2-4,9-10,12H2,1H3,(H,22,25). The van der Waals surface area contributed by atoms with Gasteiger partial charge < -0.3 is 10.1 Å². The fourth-order valence-electron chi connectivity index (χ4n) is 3.10. The molecule has 1 saturated heterocycles. The van der Waals surface area contributed by atoms with Gasteiger partial charge in [0.1, 0.15) is 0 Å². The van der Waals surface area contributed by atoms with Gasteiger partial charge in [-0.2, -0.15) is 4.31 Å². The Balaban J connectivity index is 1.67. The van der Waals surface area contributed by atoms with Gasteiger partial charge in [0.25, 0.3) is 5.91 Å². The third-order valence-electron chi connectivity index (χ3n) is 4.72. The van der Waals surface area contributed by atoms with E-state index in [0.29, 0.717) is 13.1 Å². The molecule has 1 aromatic carbocycles. The molecule has 1 N–H and O–H groups in total. The van der Waals surface area contributed by atoms with Crippen LogP contribution in [0.5, 0.6) is 0 Å². The Morgan fingerprint density at radius 1 is 1.23 bits per heavy atom. The van der Waals surface area contributed by atoms with E-state index in [1.807, 2.05) is 17.5 Å². The van der Waals surface area contributed by atoms with Gasteiger partial charge in [-0.1, -0.05) is 24.1 Å². The fraction of sp³-hybridized carbons (Fsp3) is 0.400. The first-order valence-electron chi connectivity index (χ1n) is 9.60. The number of piperidine rings is 1. The van der Waals surface area contributed by atoms with E-state index < -0.39 is 28.0 Å². The van der Waals surface area contributed by atoms with E-state index >= 15 is 0 Å². The summed E-state index contributed by atoms with van der Waals surface area (Å²) in [6.45, 7) is 2.40. The highest BCUT2D eigenvalue weighted by Gasteiger charge is 2.27. The molecule has 0 saturated carbocycles. The summed E-state index contributed by atoms with van der Waals surface area (Å²) in [5, 5.41) is 4.61. The maximum absolute atomic E-state index is 12.9. The molecule has 2 heterocycles. The predicted octanol–water partition coefficient (Wildman–Crippen LogP) is 3.69. The molecule has 1 fully saturated rings. The van der Waals surface area contributed by atoms with Gasteiger partial charge in [0.15, 0.2) is 6.10 Å². The lowest BCUT2D eigenvalue weighted by atomic mass is 10.2. The van der Waals surface area contributed by atoms with Gasteiger partial charge in [-0.3, -0.25) is 9.59 Å². The Hall–Kier alpha value is -1.94. The van der Waals surface area contributed by atoms with E-state index in [0.717, 1.165) is 24.1 Å². The van der Waals surface area contributed by atoms with Gasteiger partial charge in [-0.15, -0.1) is 11.3 Å². The minimum atomic E-state index is -3.67. The lowest BCUT2D eigenvalue weighted by Crippen LogP contribution is -2.35. The summed E-state index contributed by atoms with van der Waals surface area (Å²) in [7, 11) is -3.67. The lowest BCUT2D eigenvalue weighted by molar-refractivity contribution is -0.152. The summed E-state index contributed by atoms with van der Waals surface area (Å²) in [6.07, 6.45) is 1.68. The van der Waals surface area contributed by atoms with Crippen molar-refractivity contribution in [3.8, 4) is 0 Å². The number of benzene rings is 1. The van der Waals surface area contributed by atoms with Gasteiger partial charge in [0.05, 0.1) is 22.0 Å². The van der Waals surface area contributed by atoms with Crippen molar-refractivity contribution in [2.24, 2.45) is 0 Å². The van der Waals surface area contributed by atoms with E-state index in [2.05, 4.69) is 5.32 Å². The van der Waals surface area contributed by atoms with Crippen LogP contribution in [-0.2, 0) is 30.8 Å². The van der Waals surface area contributed by atoms with Crippen molar-refractivity contribution in [2.75, 3.05) is 18.4 Å². The second kappa shape index (κ2) is 9.91. The molecule has 0 aliphatic carbocycles. The first-order chi connectivity index (χ1) is 14.3. The van der Waals surface area contributed by atoms with Crippen LogP contribution in [0.2, 0.25) is 5.02 Å². The molecule has 1 atom stereocenters. The Morgan fingerprint density at radius 3 is 2.63 bits per heavy atom. The number of nitrogens with zero attached hydrogens (tertiary/aromatic N) is 1. The van der Waals surface area contributed by atoms with Crippen LogP contribution in [0, 0.1) is 0 Å². The van der Waals surface area contributed by atoms with Crippen LogP contribution in [0.15, 0.2) is 40.6 Å². The molecule has 1 aliphatic heterocycles. The zero-order valence-corrected chi connectivity index (χ0v) is 18.9. The largest absolute Gasteiger partial charge is 0.452 e. The normalized spacial score (nSPS) is 16.1.